The third kappa shape index (κ3) is 2.83. The quantitative estimate of drug-likeness (QED) is 0.760. The van der Waals surface area contributed by atoms with Gasteiger partial charge in [0, 0.05) is 38.4 Å². The van der Waals surface area contributed by atoms with Crippen LogP contribution in [0.15, 0.2) is 12.3 Å². The zero-order valence-corrected chi connectivity index (χ0v) is 10.3. The van der Waals surface area contributed by atoms with Crippen molar-refractivity contribution in [1.82, 2.24) is 20.0 Å². The molecule has 17 heavy (non-hydrogen) atoms. The van der Waals surface area contributed by atoms with E-state index in [2.05, 4.69) is 20.6 Å². The lowest BCUT2D eigenvalue weighted by Crippen LogP contribution is -2.54. The van der Waals surface area contributed by atoms with E-state index >= 15 is 0 Å². The van der Waals surface area contributed by atoms with E-state index in [1.54, 1.807) is 4.68 Å². The molecule has 6 heteroatoms. The van der Waals surface area contributed by atoms with Gasteiger partial charge in [-0.25, -0.2) is 0 Å². The van der Waals surface area contributed by atoms with E-state index in [-0.39, 0.29) is 11.9 Å². The molecule has 1 aromatic heterocycles. The lowest BCUT2D eigenvalue weighted by atomic mass is 10.2. The van der Waals surface area contributed by atoms with Crippen LogP contribution in [-0.2, 0) is 11.3 Å². The van der Waals surface area contributed by atoms with Gasteiger partial charge in [0.25, 0.3) is 0 Å². The van der Waals surface area contributed by atoms with Crippen LogP contribution in [0.3, 0.4) is 0 Å². The number of rotatable bonds is 3. The number of nitrogens with one attached hydrogen (secondary N) is 2. The Balaban J connectivity index is 1.95. The highest BCUT2D eigenvalue weighted by molar-refractivity contribution is 5.94. The molecule has 1 fully saturated rings. The highest BCUT2D eigenvalue weighted by atomic mass is 16.2. The summed E-state index contributed by atoms with van der Waals surface area (Å²) < 4.78 is 1.79. The number of amides is 1. The van der Waals surface area contributed by atoms with Gasteiger partial charge in [0.2, 0.25) is 5.91 Å². The van der Waals surface area contributed by atoms with E-state index in [0.717, 1.165) is 19.6 Å². The summed E-state index contributed by atoms with van der Waals surface area (Å²) in [5.74, 6) is 0.622. The van der Waals surface area contributed by atoms with Gasteiger partial charge in [-0.15, -0.1) is 0 Å². The van der Waals surface area contributed by atoms with Gasteiger partial charge >= 0.3 is 0 Å². The summed E-state index contributed by atoms with van der Waals surface area (Å²) in [5, 5.41) is 10.3. The molecule has 0 saturated carbocycles. The van der Waals surface area contributed by atoms with Crippen molar-refractivity contribution in [2.75, 3.05) is 32.0 Å². The average molecular weight is 237 g/mol. The summed E-state index contributed by atoms with van der Waals surface area (Å²) in [4.78, 5) is 14.1. The Morgan fingerprint density at radius 3 is 3.18 bits per heavy atom. The first-order chi connectivity index (χ1) is 8.20. The zero-order chi connectivity index (χ0) is 12.3. The number of carbonyl (C=O) groups excluding carboxylic acids is 1. The maximum Gasteiger partial charge on any atom is 0.244 e. The third-order valence-corrected chi connectivity index (χ3v) is 3.03. The molecule has 94 valence electrons. The molecule has 1 aliphatic heterocycles. The number of aryl methyl sites for hydroxylation is 1. The first-order valence-corrected chi connectivity index (χ1v) is 5.96. The van der Waals surface area contributed by atoms with Crippen LogP contribution >= 0.6 is 0 Å². The number of aromatic nitrogens is 2. The SMILES string of the molecule is CCn1ccc(NC(=O)[C@H]2CNCCN2C)n1. The molecule has 2 rings (SSSR count). The molecule has 0 aromatic carbocycles. The third-order valence-electron chi connectivity index (χ3n) is 3.03. The molecule has 1 aliphatic rings. The molecular formula is C11H19N5O. The van der Waals surface area contributed by atoms with Crippen molar-refractivity contribution in [3.63, 3.8) is 0 Å². The second-order valence-corrected chi connectivity index (χ2v) is 4.25. The van der Waals surface area contributed by atoms with Crippen molar-refractivity contribution >= 4 is 11.7 Å². The fraction of sp³-hybridized carbons (Fsp3) is 0.636. The fourth-order valence-electron chi connectivity index (χ4n) is 1.91. The van der Waals surface area contributed by atoms with Crippen molar-refractivity contribution in [2.24, 2.45) is 0 Å². The van der Waals surface area contributed by atoms with E-state index in [4.69, 9.17) is 0 Å². The Hall–Kier alpha value is -1.40. The van der Waals surface area contributed by atoms with Gasteiger partial charge < -0.3 is 10.6 Å². The summed E-state index contributed by atoms with van der Waals surface area (Å²) in [7, 11) is 1.97. The molecule has 6 nitrogen and oxygen atoms in total. The van der Waals surface area contributed by atoms with Crippen molar-refractivity contribution in [3.8, 4) is 0 Å². The molecular weight excluding hydrogens is 218 g/mol. The number of anilines is 1. The molecule has 0 aliphatic carbocycles. The normalized spacial score (nSPS) is 21.4. The summed E-state index contributed by atoms with van der Waals surface area (Å²) in [6, 6.07) is 1.70. The molecule has 1 aromatic rings. The second-order valence-electron chi connectivity index (χ2n) is 4.25. The minimum atomic E-state index is -0.115. The van der Waals surface area contributed by atoms with Crippen molar-refractivity contribution in [3.05, 3.63) is 12.3 Å². The number of nitrogens with zero attached hydrogens (tertiary/aromatic N) is 3. The van der Waals surface area contributed by atoms with Gasteiger partial charge in [-0.3, -0.25) is 14.4 Å². The minimum Gasteiger partial charge on any atom is -0.313 e. The smallest absolute Gasteiger partial charge is 0.244 e. The van der Waals surface area contributed by atoms with Gasteiger partial charge in [0.15, 0.2) is 5.82 Å². The Bertz CT molecular complexity index is 389. The van der Waals surface area contributed by atoms with Gasteiger partial charge in [0.05, 0.1) is 0 Å². The number of hydrogen-bond donors (Lipinski definition) is 2. The second kappa shape index (κ2) is 5.29. The minimum absolute atomic E-state index is 0.000975. The van der Waals surface area contributed by atoms with Crippen molar-refractivity contribution in [1.29, 1.82) is 0 Å². The van der Waals surface area contributed by atoms with Crippen LogP contribution in [0, 0.1) is 0 Å². The highest BCUT2D eigenvalue weighted by Gasteiger charge is 2.25. The van der Waals surface area contributed by atoms with Crippen LogP contribution in [0.25, 0.3) is 0 Å². The van der Waals surface area contributed by atoms with Crippen LogP contribution in [0.5, 0.6) is 0 Å². The number of hydrogen-bond acceptors (Lipinski definition) is 4. The standard InChI is InChI=1S/C11H19N5O/c1-3-16-6-4-10(14-16)13-11(17)9-8-12-5-7-15(9)2/h4,6,9,12H,3,5,7-8H2,1-2H3,(H,13,14,17)/t9-/m1/s1. The van der Waals surface area contributed by atoms with Gasteiger partial charge in [-0.05, 0) is 14.0 Å². The number of likely N-dealkylation sites (N-methyl/N-ethyl adjacent to an activating group) is 1. The predicted octanol–water partition coefficient (Wildman–Crippen LogP) is -0.255. The molecule has 0 radical (unpaired) electrons. The molecule has 2 heterocycles. The maximum atomic E-state index is 12.0. The lowest BCUT2D eigenvalue weighted by Gasteiger charge is -2.31. The number of carbonyl (C=O) groups is 1. The van der Waals surface area contributed by atoms with E-state index in [0.29, 0.717) is 12.4 Å². The predicted molar refractivity (Wildman–Crippen MR) is 65.8 cm³/mol. The molecule has 2 N–H and O–H groups in total. The molecule has 1 atom stereocenters. The lowest BCUT2D eigenvalue weighted by molar-refractivity contribution is -0.121. The van der Waals surface area contributed by atoms with E-state index in [1.807, 2.05) is 26.2 Å². The van der Waals surface area contributed by atoms with Crippen LogP contribution in [-0.4, -0.2) is 53.3 Å². The summed E-state index contributed by atoms with van der Waals surface area (Å²) in [5.41, 5.74) is 0. The molecule has 0 spiro atoms. The number of piperazine rings is 1. The Morgan fingerprint density at radius 1 is 1.71 bits per heavy atom. The van der Waals surface area contributed by atoms with Gasteiger partial charge in [-0.2, -0.15) is 5.10 Å². The topological polar surface area (TPSA) is 62.2 Å². The van der Waals surface area contributed by atoms with Gasteiger partial charge in [0.1, 0.15) is 6.04 Å². The van der Waals surface area contributed by atoms with E-state index in [9.17, 15) is 4.79 Å². The van der Waals surface area contributed by atoms with E-state index < -0.39 is 0 Å². The van der Waals surface area contributed by atoms with Crippen LogP contribution in [0.1, 0.15) is 6.92 Å². The van der Waals surface area contributed by atoms with Crippen molar-refractivity contribution < 1.29 is 4.79 Å². The van der Waals surface area contributed by atoms with Crippen molar-refractivity contribution in [2.45, 2.75) is 19.5 Å². The summed E-state index contributed by atoms with van der Waals surface area (Å²) >= 11 is 0. The molecule has 0 bridgehead atoms. The van der Waals surface area contributed by atoms with Gasteiger partial charge in [-0.1, -0.05) is 0 Å². The Labute approximate surface area is 101 Å². The maximum absolute atomic E-state index is 12.0. The highest BCUT2D eigenvalue weighted by Crippen LogP contribution is 2.06. The first-order valence-electron chi connectivity index (χ1n) is 5.96. The Kier molecular flexibility index (Phi) is 3.75. The molecule has 1 saturated heterocycles. The summed E-state index contributed by atoms with van der Waals surface area (Å²) in [6.45, 7) is 5.33. The molecule has 0 unspecified atom stereocenters. The zero-order valence-electron chi connectivity index (χ0n) is 10.3. The van der Waals surface area contributed by atoms with Crippen LogP contribution < -0.4 is 10.6 Å². The van der Waals surface area contributed by atoms with Crippen LogP contribution in [0.2, 0.25) is 0 Å². The Morgan fingerprint density at radius 2 is 2.53 bits per heavy atom. The monoisotopic (exact) mass is 237 g/mol. The molecule has 1 amide bonds. The first kappa shape index (κ1) is 12.1. The fourth-order valence-corrected chi connectivity index (χ4v) is 1.91. The van der Waals surface area contributed by atoms with Crippen LogP contribution in [0.4, 0.5) is 5.82 Å². The largest absolute Gasteiger partial charge is 0.313 e. The van der Waals surface area contributed by atoms with E-state index in [1.165, 1.54) is 0 Å². The average Bonchev–Trinajstić information content (AvgIpc) is 2.77. The summed E-state index contributed by atoms with van der Waals surface area (Å²) in [6.07, 6.45) is 1.86.